The lowest BCUT2D eigenvalue weighted by molar-refractivity contribution is 0.112. The van der Waals surface area contributed by atoms with Crippen LogP contribution in [0.25, 0.3) is 10.9 Å². The van der Waals surface area contributed by atoms with E-state index in [-0.39, 0.29) is 5.41 Å². The summed E-state index contributed by atoms with van der Waals surface area (Å²) in [5.74, 6) is 0.870. The highest BCUT2D eigenvalue weighted by molar-refractivity contribution is 5.97. The van der Waals surface area contributed by atoms with Gasteiger partial charge in [0.1, 0.15) is 12.4 Å². The van der Waals surface area contributed by atoms with Crippen molar-refractivity contribution in [1.82, 2.24) is 4.57 Å². The van der Waals surface area contributed by atoms with Crippen molar-refractivity contribution in [3.63, 3.8) is 0 Å². The molecule has 3 rings (SSSR count). The standard InChI is InChI=1S/C21H23NO2/c1-21(2,3)17-8-10-18(11-9-17)24-13-12-22-14-16(15-23)19-6-4-5-7-20(19)22/h4-11,14-15H,12-13H2,1-3H3. The first-order valence-electron chi connectivity index (χ1n) is 8.25. The molecule has 3 aromatic rings. The van der Waals surface area contributed by atoms with E-state index in [4.69, 9.17) is 4.74 Å². The van der Waals surface area contributed by atoms with Crippen molar-refractivity contribution in [2.45, 2.75) is 32.7 Å². The summed E-state index contributed by atoms with van der Waals surface area (Å²) < 4.78 is 7.93. The predicted molar refractivity (Wildman–Crippen MR) is 98.0 cm³/mol. The molecule has 2 aromatic carbocycles. The SMILES string of the molecule is CC(C)(C)c1ccc(OCCn2cc(C=O)c3ccccc32)cc1. The number of fused-ring (bicyclic) bond motifs is 1. The molecule has 0 saturated heterocycles. The van der Waals surface area contributed by atoms with Crippen LogP contribution in [0.15, 0.2) is 54.7 Å². The van der Waals surface area contributed by atoms with Crippen LogP contribution in [0.1, 0.15) is 36.7 Å². The van der Waals surface area contributed by atoms with E-state index in [0.29, 0.717) is 13.2 Å². The molecule has 0 bridgehead atoms. The van der Waals surface area contributed by atoms with Crippen molar-refractivity contribution < 1.29 is 9.53 Å². The molecule has 124 valence electrons. The molecule has 3 nitrogen and oxygen atoms in total. The Morgan fingerprint density at radius 3 is 2.42 bits per heavy atom. The second kappa shape index (κ2) is 6.52. The van der Waals surface area contributed by atoms with Crippen LogP contribution in [0.2, 0.25) is 0 Å². The summed E-state index contributed by atoms with van der Waals surface area (Å²) in [5, 5.41) is 0.988. The molecular weight excluding hydrogens is 298 g/mol. The fourth-order valence-electron chi connectivity index (χ4n) is 2.87. The Hall–Kier alpha value is -2.55. The molecule has 0 aliphatic carbocycles. The van der Waals surface area contributed by atoms with E-state index < -0.39 is 0 Å². The Balaban J connectivity index is 1.68. The third kappa shape index (κ3) is 3.35. The Morgan fingerprint density at radius 1 is 1.04 bits per heavy atom. The highest BCUT2D eigenvalue weighted by Gasteiger charge is 2.13. The van der Waals surface area contributed by atoms with Crippen LogP contribution in [0.3, 0.4) is 0 Å². The van der Waals surface area contributed by atoms with Gasteiger partial charge >= 0.3 is 0 Å². The smallest absolute Gasteiger partial charge is 0.152 e. The van der Waals surface area contributed by atoms with Gasteiger partial charge in [0.2, 0.25) is 0 Å². The van der Waals surface area contributed by atoms with Gasteiger partial charge < -0.3 is 9.30 Å². The molecule has 3 heteroatoms. The summed E-state index contributed by atoms with van der Waals surface area (Å²) in [6.45, 7) is 7.86. The molecule has 0 N–H and O–H groups in total. The van der Waals surface area contributed by atoms with Crippen LogP contribution in [0.5, 0.6) is 5.75 Å². The van der Waals surface area contributed by atoms with Gasteiger partial charge in [-0.3, -0.25) is 4.79 Å². The van der Waals surface area contributed by atoms with Gasteiger partial charge in [0.15, 0.2) is 6.29 Å². The van der Waals surface area contributed by atoms with E-state index in [2.05, 4.69) is 37.5 Å². The fraction of sp³-hybridized carbons (Fsp3) is 0.286. The highest BCUT2D eigenvalue weighted by Crippen LogP contribution is 2.24. The summed E-state index contributed by atoms with van der Waals surface area (Å²) in [6.07, 6.45) is 2.80. The first-order valence-corrected chi connectivity index (χ1v) is 8.25. The Labute approximate surface area is 142 Å². The number of para-hydroxylation sites is 1. The number of aromatic nitrogens is 1. The normalized spacial score (nSPS) is 11.6. The van der Waals surface area contributed by atoms with Crippen molar-refractivity contribution in [2.75, 3.05) is 6.61 Å². The minimum Gasteiger partial charge on any atom is -0.492 e. The van der Waals surface area contributed by atoms with E-state index in [1.807, 2.05) is 42.6 Å². The van der Waals surface area contributed by atoms with E-state index in [1.165, 1.54) is 5.56 Å². The van der Waals surface area contributed by atoms with Gasteiger partial charge in [-0.25, -0.2) is 0 Å². The minimum atomic E-state index is 0.147. The third-order valence-electron chi connectivity index (χ3n) is 4.27. The van der Waals surface area contributed by atoms with Crippen molar-refractivity contribution in [2.24, 2.45) is 0 Å². The maximum Gasteiger partial charge on any atom is 0.152 e. The van der Waals surface area contributed by atoms with E-state index in [0.717, 1.165) is 28.5 Å². The first-order chi connectivity index (χ1) is 11.5. The second-order valence-electron chi connectivity index (χ2n) is 7.04. The van der Waals surface area contributed by atoms with Gasteiger partial charge in [-0.2, -0.15) is 0 Å². The molecule has 0 amide bonds. The molecule has 24 heavy (non-hydrogen) atoms. The highest BCUT2D eigenvalue weighted by atomic mass is 16.5. The number of hydrogen-bond acceptors (Lipinski definition) is 2. The summed E-state index contributed by atoms with van der Waals surface area (Å²) in [7, 11) is 0. The van der Waals surface area contributed by atoms with Crippen LogP contribution < -0.4 is 4.74 Å². The van der Waals surface area contributed by atoms with Crippen molar-refractivity contribution >= 4 is 17.2 Å². The monoisotopic (exact) mass is 321 g/mol. The number of hydrogen-bond donors (Lipinski definition) is 0. The first kappa shape index (κ1) is 16.3. The van der Waals surface area contributed by atoms with Gasteiger partial charge in [0.25, 0.3) is 0 Å². The lowest BCUT2D eigenvalue weighted by atomic mass is 9.87. The third-order valence-corrected chi connectivity index (χ3v) is 4.27. The molecule has 0 aliphatic heterocycles. The summed E-state index contributed by atoms with van der Waals surface area (Å²) in [5.41, 5.74) is 3.22. The van der Waals surface area contributed by atoms with Crippen molar-refractivity contribution in [1.29, 1.82) is 0 Å². The van der Waals surface area contributed by atoms with E-state index in [9.17, 15) is 4.79 Å². The molecule has 0 fully saturated rings. The molecule has 0 atom stereocenters. The van der Waals surface area contributed by atoms with Gasteiger partial charge in [-0.1, -0.05) is 51.1 Å². The molecular formula is C21H23NO2. The average molecular weight is 321 g/mol. The average Bonchev–Trinajstić information content (AvgIpc) is 2.93. The largest absolute Gasteiger partial charge is 0.492 e. The maximum atomic E-state index is 11.2. The molecule has 0 saturated carbocycles. The van der Waals surface area contributed by atoms with Crippen LogP contribution >= 0.6 is 0 Å². The summed E-state index contributed by atoms with van der Waals surface area (Å²) in [4.78, 5) is 11.2. The number of carbonyl (C=O) groups excluding carboxylic acids is 1. The molecule has 0 aliphatic rings. The molecule has 0 unspecified atom stereocenters. The van der Waals surface area contributed by atoms with Crippen molar-refractivity contribution in [3.05, 3.63) is 65.9 Å². The fourth-order valence-corrected chi connectivity index (χ4v) is 2.87. The van der Waals surface area contributed by atoms with Gasteiger partial charge in [-0.15, -0.1) is 0 Å². The zero-order chi connectivity index (χ0) is 17.2. The topological polar surface area (TPSA) is 31.2 Å². The Bertz CT molecular complexity index is 838. The van der Waals surface area contributed by atoms with Gasteiger partial charge in [0, 0.05) is 22.7 Å². The summed E-state index contributed by atoms with van der Waals surface area (Å²) >= 11 is 0. The lowest BCUT2D eigenvalue weighted by Crippen LogP contribution is -2.11. The zero-order valence-corrected chi connectivity index (χ0v) is 14.5. The van der Waals surface area contributed by atoms with Gasteiger partial charge in [0.05, 0.1) is 6.54 Å². The van der Waals surface area contributed by atoms with E-state index in [1.54, 1.807) is 0 Å². The molecule has 0 spiro atoms. The molecule has 0 radical (unpaired) electrons. The van der Waals surface area contributed by atoms with Crippen LogP contribution in [0.4, 0.5) is 0 Å². The number of nitrogens with zero attached hydrogens (tertiary/aromatic N) is 1. The van der Waals surface area contributed by atoms with Crippen LogP contribution in [-0.4, -0.2) is 17.5 Å². The number of aldehydes is 1. The minimum absolute atomic E-state index is 0.147. The number of carbonyl (C=O) groups is 1. The number of ether oxygens (including phenoxy) is 1. The van der Waals surface area contributed by atoms with Crippen molar-refractivity contribution in [3.8, 4) is 5.75 Å². The number of benzene rings is 2. The quantitative estimate of drug-likeness (QED) is 0.630. The van der Waals surface area contributed by atoms with E-state index >= 15 is 0 Å². The molecule has 1 heterocycles. The van der Waals surface area contributed by atoms with Crippen LogP contribution in [0, 0.1) is 0 Å². The maximum absolute atomic E-state index is 11.2. The second-order valence-corrected chi connectivity index (χ2v) is 7.04. The number of rotatable bonds is 5. The Morgan fingerprint density at radius 2 is 1.75 bits per heavy atom. The lowest BCUT2D eigenvalue weighted by Gasteiger charge is -2.19. The van der Waals surface area contributed by atoms with Crippen LogP contribution in [-0.2, 0) is 12.0 Å². The van der Waals surface area contributed by atoms with Gasteiger partial charge in [-0.05, 0) is 29.2 Å². The summed E-state index contributed by atoms with van der Waals surface area (Å²) in [6, 6.07) is 16.2. The zero-order valence-electron chi connectivity index (χ0n) is 14.5. The predicted octanol–water partition coefficient (Wildman–Crippen LogP) is 4.83. The molecule has 1 aromatic heterocycles. The Kier molecular flexibility index (Phi) is 4.43.